The molecule has 13 heavy (non-hydrogen) atoms. The van der Waals surface area contributed by atoms with Gasteiger partial charge in [0.15, 0.2) is 0 Å². The molecule has 2 aliphatic rings. The molecular formula is C12H22O. The molecule has 0 bridgehead atoms. The summed E-state index contributed by atoms with van der Waals surface area (Å²) in [4.78, 5) is 0. The van der Waals surface area contributed by atoms with E-state index in [1.807, 2.05) is 0 Å². The molecule has 1 heterocycles. The van der Waals surface area contributed by atoms with Crippen LogP contribution >= 0.6 is 0 Å². The van der Waals surface area contributed by atoms with Gasteiger partial charge in [0.2, 0.25) is 0 Å². The lowest BCUT2D eigenvalue weighted by Crippen LogP contribution is -2.21. The molecule has 0 radical (unpaired) electrons. The molecule has 0 aromatic heterocycles. The zero-order chi connectivity index (χ0) is 8.93. The summed E-state index contributed by atoms with van der Waals surface area (Å²) in [6.07, 6.45) is 11.6. The summed E-state index contributed by atoms with van der Waals surface area (Å²) in [7, 11) is 0. The van der Waals surface area contributed by atoms with Crippen LogP contribution in [-0.4, -0.2) is 13.2 Å². The Labute approximate surface area is 81.9 Å². The molecular weight excluding hydrogens is 160 g/mol. The lowest BCUT2D eigenvalue weighted by molar-refractivity contribution is 0.0425. The first kappa shape index (κ1) is 9.51. The maximum Gasteiger partial charge on any atom is 0.0494 e. The summed E-state index contributed by atoms with van der Waals surface area (Å²) in [6, 6.07) is 0. The van der Waals surface area contributed by atoms with Gasteiger partial charge in [-0.15, -0.1) is 0 Å². The van der Waals surface area contributed by atoms with E-state index in [2.05, 4.69) is 0 Å². The topological polar surface area (TPSA) is 9.23 Å². The minimum atomic E-state index is 0.900. The minimum absolute atomic E-state index is 0.900. The Bertz CT molecular complexity index is 116. The van der Waals surface area contributed by atoms with Crippen molar-refractivity contribution in [2.24, 2.45) is 11.8 Å². The van der Waals surface area contributed by atoms with E-state index in [9.17, 15) is 0 Å². The first-order chi connectivity index (χ1) is 6.45. The average Bonchev–Trinajstić information content (AvgIpc) is 2.21. The monoisotopic (exact) mass is 182 g/mol. The van der Waals surface area contributed by atoms with E-state index in [4.69, 9.17) is 4.74 Å². The van der Waals surface area contributed by atoms with Crippen molar-refractivity contribution in [2.75, 3.05) is 13.2 Å². The summed E-state index contributed by atoms with van der Waals surface area (Å²) >= 11 is 0. The third kappa shape index (κ3) is 2.98. The van der Waals surface area contributed by atoms with Crippen LogP contribution in [0.4, 0.5) is 0 Å². The van der Waals surface area contributed by atoms with Gasteiger partial charge in [0.25, 0.3) is 0 Å². The summed E-state index contributed by atoms with van der Waals surface area (Å²) in [5, 5.41) is 0. The molecule has 2 fully saturated rings. The van der Waals surface area contributed by atoms with E-state index in [1.54, 1.807) is 0 Å². The van der Waals surface area contributed by atoms with E-state index in [0.29, 0.717) is 0 Å². The van der Waals surface area contributed by atoms with E-state index in [-0.39, 0.29) is 0 Å². The molecule has 0 amide bonds. The fourth-order valence-electron chi connectivity index (χ4n) is 2.89. The molecule has 2 rings (SSSR count). The van der Waals surface area contributed by atoms with Crippen LogP contribution in [0.3, 0.4) is 0 Å². The first-order valence-electron chi connectivity index (χ1n) is 6.03. The smallest absolute Gasteiger partial charge is 0.0494 e. The van der Waals surface area contributed by atoms with Crippen molar-refractivity contribution >= 4 is 0 Å². The average molecular weight is 182 g/mol. The van der Waals surface area contributed by atoms with Gasteiger partial charge in [-0.25, -0.2) is 0 Å². The second-order valence-corrected chi connectivity index (χ2v) is 4.82. The van der Waals surface area contributed by atoms with E-state index >= 15 is 0 Å². The Morgan fingerprint density at radius 3 is 2.31 bits per heavy atom. The molecule has 1 aliphatic carbocycles. The summed E-state index contributed by atoms with van der Waals surface area (Å²) in [5.41, 5.74) is 0. The zero-order valence-corrected chi connectivity index (χ0v) is 8.63. The van der Waals surface area contributed by atoms with Gasteiger partial charge in [-0.2, -0.15) is 0 Å². The van der Waals surface area contributed by atoms with Gasteiger partial charge in [0, 0.05) is 13.2 Å². The highest BCUT2D eigenvalue weighted by molar-refractivity contribution is 4.72. The number of hydrogen-bond acceptors (Lipinski definition) is 1. The Morgan fingerprint density at radius 2 is 1.62 bits per heavy atom. The van der Waals surface area contributed by atoms with Crippen LogP contribution in [0.25, 0.3) is 0 Å². The van der Waals surface area contributed by atoms with Crippen LogP contribution in [0.5, 0.6) is 0 Å². The maximum atomic E-state index is 5.52. The van der Waals surface area contributed by atoms with Crippen LogP contribution in [0, 0.1) is 11.8 Å². The fraction of sp³-hybridized carbons (Fsp3) is 1.00. The molecule has 1 saturated carbocycles. The highest BCUT2D eigenvalue weighted by atomic mass is 16.5. The number of rotatable bonds is 2. The van der Waals surface area contributed by atoms with Gasteiger partial charge >= 0.3 is 0 Å². The molecule has 0 aromatic carbocycles. The standard InChI is InChI=1S/C12H22O/c1-2-5-11(6-3-1)9-12-7-4-8-13-10-12/h11-12H,1-10H2. The van der Waals surface area contributed by atoms with Crippen LogP contribution < -0.4 is 0 Å². The van der Waals surface area contributed by atoms with Crippen molar-refractivity contribution in [3.63, 3.8) is 0 Å². The molecule has 0 N–H and O–H groups in total. The van der Waals surface area contributed by atoms with E-state index in [0.717, 1.165) is 25.0 Å². The van der Waals surface area contributed by atoms with Gasteiger partial charge in [0.1, 0.15) is 0 Å². The third-order valence-corrected chi connectivity index (χ3v) is 3.65. The zero-order valence-electron chi connectivity index (χ0n) is 8.63. The predicted molar refractivity (Wildman–Crippen MR) is 54.7 cm³/mol. The van der Waals surface area contributed by atoms with Crippen molar-refractivity contribution < 1.29 is 4.74 Å². The Morgan fingerprint density at radius 1 is 0.846 bits per heavy atom. The van der Waals surface area contributed by atoms with Crippen molar-refractivity contribution in [3.05, 3.63) is 0 Å². The summed E-state index contributed by atoms with van der Waals surface area (Å²) in [6.45, 7) is 2.07. The lowest BCUT2D eigenvalue weighted by atomic mass is 9.81. The Balaban J connectivity index is 1.69. The van der Waals surface area contributed by atoms with Crippen LogP contribution in [0.1, 0.15) is 51.4 Å². The Kier molecular flexibility index (Phi) is 3.65. The number of ether oxygens (including phenoxy) is 1. The van der Waals surface area contributed by atoms with Gasteiger partial charge in [-0.05, 0) is 31.1 Å². The largest absolute Gasteiger partial charge is 0.381 e. The second kappa shape index (κ2) is 4.99. The normalized spacial score (nSPS) is 31.8. The Hall–Kier alpha value is -0.0400. The lowest BCUT2D eigenvalue weighted by Gasteiger charge is -2.28. The van der Waals surface area contributed by atoms with Crippen LogP contribution in [-0.2, 0) is 4.74 Å². The van der Waals surface area contributed by atoms with Crippen LogP contribution in [0.15, 0.2) is 0 Å². The van der Waals surface area contributed by atoms with Crippen molar-refractivity contribution in [1.82, 2.24) is 0 Å². The highest BCUT2D eigenvalue weighted by Gasteiger charge is 2.20. The van der Waals surface area contributed by atoms with Crippen molar-refractivity contribution in [2.45, 2.75) is 51.4 Å². The molecule has 1 nitrogen and oxygen atoms in total. The van der Waals surface area contributed by atoms with Crippen molar-refractivity contribution in [3.8, 4) is 0 Å². The molecule has 0 spiro atoms. The highest BCUT2D eigenvalue weighted by Crippen LogP contribution is 2.31. The summed E-state index contributed by atoms with van der Waals surface area (Å²) < 4.78 is 5.52. The molecule has 1 saturated heterocycles. The molecule has 76 valence electrons. The first-order valence-corrected chi connectivity index (χ1v) is 6.03. The van der Waals surface area contributed by atoms with Gasteiger partial charge in [0.05, 0.1) is 0 Å². The van der Waals surface area contributed by atoms with Gasteiger partial charge in [-0.3, -0.25) is 0 Å². The molecule has 0 aromatic rings. The van der Waals surface area contributed by atoms with Gasteiger partial charge < -0.3 is 4.74 Å². The quantitative estimate of drug-likeness (QED) is 0.636. The maximum absolute atomic E-state index is 5.52. The molecule has 1 atom stereocenters. The minimum Gasteiger partial charge on any atom is -0.381 e. The van der Waals surface area contributed by atoms with Crippen molar-refractivity contribution in [1.29, 1.82) is 0 Å². The van der Waals surface area contributed by atoms with E-state index in [1.165, 1.54) is 51.4 Å². The molecule has 1 heteroatoms. The number of hydrogen-bond donors (Lipinski definition) is 0. The van der Waals surface area contributed by atoms with Crippen LogP contribution in [0.2, 0.25) is 0 Å². The SMILES string of the molecule is C1CCC(CC2CCCOC2)CC1. The summed E-state index contributed by atoms with van der Waals surface area (Å²) in [5.74, 6) is 1.94. The van der Waals surface area contributed by atoms with E-state index < -0.39 is 0 Å². The molecule has 1 aliphatic heterocycles. The fourth-order valence-corrected chi connectivity index (χ4v) is 2.89. The van der Waals surface area contributed by atoms with Gasteiger partial charge in [-0.1, -0.05) is 32.1 Å². The molecule has 1 unspecified atom stereocenters. The predicted octanol–water partition coefficient (Wildman–Crippen LogP) is 3.38. The third-order valence-electron chi connectivity index (χ3n) is 3.65. The second-order valence-electron chi connectivity index (χ2n) is 4.82.